The number of aliphatic hydroxyl groups excluding tert-OH is 2. The first-order valence-electron chi connectivity index (χ1n) is 48.5. The minimum Gasteiger partial charge on any atom is -1.00 e. The molecule has 1 spiro atoms. The van der Waals surface area contributed by atoms with Gasteiger partial charge in [0, 0.05) is 132 Å². The number of aromatic nitrogens is 3. The van der Waals surface area contributed by atoms with Crippen LogP contribution in [-0.2, 0) is 13.1 Å². The number of fused-ring (bicyclic) bond motifs is 15. The Kier molecular flexibility index (Phi) is 44.6. The van der Waals surface area contributed by atoms with E-state index in [0.29, 0.717) is 59.3 Å². The van der Waals surface area contributed by atoms with Gasteiger partial charge in [-0.2, -0.15) is 31.4 Å². The SMILES string of the molecule is C.C1CCOC1.C=CC1CN2CCC1CC2[C@H](O)c1ccnc2ccc(OC)cc12.C=CC1CN2CCC1CC2[C@H](O)c1ccnc2ccc(OC)cc12.C=CC1CN2CCC1CC2[C@H](OS(C)(O)C(C)(C)C)c1ccnc2ccc(OC)cc12.C=CC1C[N@@+]23CCC1CC2C(c1cccc2ccc(OC)cc12)OS3(C)O.CC(C)(C)S(C)(N)O.CC(C)CS(C)(O)C(C)(C)C.C[C-](C)C.[Cl-].[Cl-].[Mg+2]. The average molecular weight is 2040 g/mol. The van der Waals surface area contributed by atoms with Gasteiger partial charge in [0.25, 0.3) is 0 Å². The molecule has 0 saturated carbocycles. The van der Waals surface area contributed by atoms with Crippen molar-refractivity contribution < 1.29 is 89.2 Å². The van der Waals surface area contributed by atoms with Gasteiger partial charge in [-0.05, 0) is 284 Å². The summed E-state index contributed by atoms with van der Waals surface area (Å²) in [5, 5.41) is 33.1. The number of benzene rings is 5. The predicted molar refractivity (Wildman–Crippen MR) is 579 cm³/mol. The normalized spacial score (nSPS) is 29.8. The zero-order chi connectivity index (χ0) is 98.0. The summed E-state index contributed by atoms with van der Waals surface area (Å²) in [4.78, 5) is 20.8. The molecule has 768 valence electrons. The van der Waals surface area contributed by atoms with E-state index in [4.69, 9.17) is 37.2 Å². The van der Waals surface area contributed by atoms with Crippen LogP contribution >= 0.6 is 42.2 Å². The molecule has 21 nitrogen and oxygen atoms in total. The van der Waals surface area contributed by atoms with Gasteiger partial charge >= 0.3 is 23.1 Å². The number of halogens is 2. The second-order valence-corrected chi connectivity index (χ2v) is 55.0. The molecule has 20 unspecified atom stereocenters. The van der Waals surface area contributed by atoms with Crippen molar-refractivity contribution in [1.82, 2.24) is 29.7 Å². The number of quaternary nitrogens is 1. The molecule has 0 radical (unpaired) electrons. The molecular formula is C110H170Cl2MgN8O13S4. The molecule has 8 N–H and O–H groups in total. The van der Waals surface area contributed by atoms with Crippen molar-refractivity contribution in [3.05, 3.63) is 207 Å². The summed E-state index contributed by atoms with van der Waals surface area (Å²) in [5.41, 5.74) is 6.87. The number of pyridine rings is 3. The first-order chi connectivity index (χ1) is 63.2. The van der Waals surface area contributed by atoms with Gasteiger partial charge in [-0.15, -0.1) is 36.6 Å². The van der Waals surface area contributed by atoms with E-state index >= 15 is 0 Å². The van der Waals surface area contributed by atoms with Crippen LogP contribution in [0.5, 0.6) is 23.0 Å². The van der Waals surface area contributed by atoms with E-state index < -0.39 is 54.4 Å². The van der Waals surface area contributed by atoms with Crippen molar-refractivity contribution in [3.63, 3.8) is 0 Å². The third kappa shape index (κ3) is 28.4. The summed E-state index contributed by atoms with van der Waals surface area (Å²) in [6, 6.07) is 37.1. The molecule has 0 aliphatic carbocycles. The summed E-state index contributed by atoms with van der Waals surface area (Å²) in [6.45, 7) is 55.2. The first kappa shape index (κ1) is 120. The fourth-order valence-corrected chi connectivity index (χ4v) is 26.0. The summed E-state index contributed by atoms with van der Waals surface area (Å²) in [5.74, 6) is 10.9. The number of methoxy groups -OCH3 is 4. The molecular weight excluding hydrogens is 1860 g/mol. The molecule has 8 bridgehead atoms. The summed E-state index contributed by atoms with van der Waals surface area (Å²) in [6.07, 6.45) is 31.6. The van der Waals surface area contributed by atoms with E-state index in [1.807, 2.05) is 139 Å². The molecule has 138 heavy (non-hydrogen) atoms. The monoisotopic (exact) mass is 2030 g/mol. The van der Waals surface area contributed by atoms with Gasteiger partial charge in [-0.25, -0.2) is 8.07 Å². The molecule has 24 atom stereocenters. The van der Waals surface area contributed by atoms with Gasteiger partial charge in [0.15, 0.2) is 6.10 Å². The van der Waals surface area contributed by atoms with Crippen molar-refractivity contribution in [2.75, 3.05) is 125 Å². The number of nitrogens with zero attached hydrogens (tertiary/aromatic N) is 7. The fraction of sp³-hybridized carbons (Fsp3) is 0.582. The largest absolute Gasteiger partial charge is 2.00 e. The molecule has 28 heteroatoms. The van der Waals surface area contributed by atoms with Crippen LogP contribution in [-0.4, -0.2) is 248 Å². The molecule has 22 rings (SSSR count). The number of hydrogen-bond acceptors (Lipinski definition) is 20. The van der Waals surface area contributed by atoms with Crippen LogP contribution in [0.3, 0.4) is 0 Å². The summed E-state index contributed by atoms with van der Waals surface area (Å²) < 4.78 is 82.4. The minimum absolute atomic E-state index is 0. The maximum atomic E-state index is 11.5. The van der Waals surface area contributed by atoms with Crippen LogP contribution in [0.25, 0.3) is 43.5 Å². The van der Waals surface area contributed by atoms with Gasteiger partial charge in [-0.3, -0.25) is 48.1 Å². The topological polar surface area (TPSA) is 260 Å². The van der Waals surface area contributed by atoms with Gasteiger partial charge in [0.05, 0.1) is 68.2 Å². The molecule has 14 aliphatic heterocycles. The molecule has 0 amide bonds. The van der Waals surface area contributed by atoms with Crippen LogP contribution in [0.15, 0.2) is 178 Å². The number of piperidine rings is 12. The molecule has 8 aromatic rings. The van der Waals surface area contributed by atoms with Gasteiger partial charge in [0.2, 0.25) is 0 Å². The maximum absolute atomic E-state index is 11.5. The smallest absolute Gasteiger partial charge is 1.00 e. The zero-order valence-electron chi connectivity index (χ0n) is 86.3. The van der Waals surface area contributed by atoms with E-state index in [-0.39, 0.29) is 99.9 Å². The van der Waals surface area contributed by atoms with E-state index in [1.54, 1.807) is 47.1 Å². The molecule has 5 aromatic carbocycles. The molecule has 17 heterocycles. The summed E-state index contributed by atoms with van der Waals surface area (Å²) >= 11 is 0. The van der Waals surface area contributed by atoms with E-state index in [9.17, 15) is 28.4 Å². The second-order valence-electron chi connectivity index (χ2n) is 42.8. The Hall–Kier alpha value is -5.06. The Bertz CT molecular complexity index is 5070. The van der Waals surface area contributed by atoms with Crippen LogP contribution < -0.4 is 48.9 Å². The molecule has 14 fully saturated rings. The molecule has 14 aliphatic rings. The first-order valence-corrected chi connectivity index (χ1v) is 56.5. The Balaban J connectivity index is 0.000000227. The van der Waals surface area contributed by atoms with Crippen molar-refractivity contribution in [3.8, 4) is 23.0 Å². The van der Waals surface area contributed by atoms with Gasteiger partial charge in [-0.1, -0.05) is 112 Å². The van der Waals surface area contributed by atoms with E-state index in [2.05, 4.69) is 172 Å². The predicted octanol–water partition coefficient (Wildman–Crippen LogP) is 18.8. The third-order valence-corrected chi connectivity index (χ3v) is 41.9. The Labute approximate surface area is 864 Å². The maximum Gasteiger partial charge on any atom is 2.00 e. The van der Waals surface area contributed by atoms with Gasteiger partial charge in [0.1, 0.15) is 48.2 Å². The standard InChI is InChI=1S/C25H36N2O3S.C22H27NO3S.2C20H24N2O2.C9H22OS.C5H15NOS.C4H8O.C4H9.CH4.2ClH.Mg/c1-7-17-16-27-13-11-18(17)14-23(27)24(30-31(6,28)25(2,3)4)20-10-12-26-22-9-8-19(29-5)15-21(20)22;1-4-15-14-23-11-10-17(15)12-21(23)22(26-27(23,3)24)19-7-5-6-16-8-9-18(25-2)13-20(16)19;2*1-3-13-12-22-9-7-14(13)10-19(22)20(23)16-6-8-21-18-5-4-15(24-2)11-17(16)18;1-8(2)7-11(6,10)9(3,4)5;1-5(2,3)8(4,6)7;1-2-4-5-3-1;1-4(2)3;;;;/h7-10,12,15,17-18,23-24,28H,1,11,13-14,16H2,2-6H3;4-9,13,15,17,21-22H,1,10-12,14H2,2-3H3;2*3-6,8,11,13-14,19-20,23H,1,7,9-10,12H2,2H3;8,10H,7H2,1-6H3;7H,6H2,1-4H3;1-4H2;1-3H3;1H4;2*1H;/q;;;;;;;-1;;;;+2/p-1/t17?,18?,23?,24-;15?,17?,21?,22?,23-;2*13?,14?,19?,20-;;;;;;;;/m1011......../s1. The number of ether oxygens (including phenoxy) is 5. The van der Waals surface area contributed by atoms with Crippen molar-refractivity contribution in [2.45, 2.75) is 231 Å². The average Bonchev–Trinajstić information content (AvgIpc) is 1.53. The van der Waals surface area contributed by atoms with Crippen LogP contribution in [0, 0.1) is 59.2 Å². The Morgan fingerprint density at radius 2 is 0.920 bits per heavy atom. The molecule has 3 aromatic heterocycles. The van der Waals surface area contributed by atoms with E-state index in [0.717, 1.165) is 180 Å². The van der Waals surface area contributed by atoms with Crippen molar-refractivity contribution in [2.24, 2.45) is 58.4 Å². The molecule has 14 saturated heterocycles. The van der Waals surface area contributed by atoms with Crippen molar-refractivity contribution >= 4 is 109 Å². The number of hydrogen-bond donors (Lipinski definition) is 7. The quantitative estimate of drug-likeness (QED) is 0.0172. The number of rotatable bonds is 19. The Morgan fingerprint density at radius 3 is 1.26 bits per heavy atom. The van der Waals surface area contributed by atoms with Crippen LogP contribution in [0.4, 0.5) is 0 Å². The number of nitrogens with two attached hydrogens (primary N) is 1. The van der Waals surface area contributed by atoms with Crippen molar-refractivity contribution in [1.29, 1.82) is 0 Å². The summed E-state index contributed by atoms with van der Waals surface area (Å²) in [7, 11) is -1.03. The third-order valence-electron chi connectivity index (χ3n) is 30.1. The zero-order valence-corrected chi connectivity index (χ0v) is 92.5. The van der Waals surface area contributed by atoms with Crippen LogP contribution in [0.2, 0.25) is 0 Å². The Morgan fingerprint density at radius 1 is 0.543 bits per heavy atom. The second kappa shape index (κ2) is 51.3. The van der Waals surface area contributed by atoms with Gasteiger partial charge < -0.3 is 73.7 Å². The van der Waals surface area contributed by atoms with E-state index in [1.165, 1.54) is 54.4 Å². The van der Waals surface area contributed by atoms with Crippen LogP contribution in [0.1, 0.15) is 215 Å². The number of aliphatic hydroxyl groups is 2. The fourth-order valence-electron chi connectivity index (χ4n) is 20.9. The minimum atomic E-state index is -2.31.